The van der Waals surface area contributed by atoms with Gasteiger partial charge in [-0.05, 0) is 42.3 Å². The highest BCUT2D eigenvalue weighted by Gasteiger charge is 2.30. The number of nitrogens with one attached hydrogen (secondary N) is 2. The summed E-state index contributed by atoms with van der Waals surface area (Å²) in [6.45, 7) is -1.68. The molecule has 10 heteroatoms. The van der Waals surface area contributed by atoms with E-state index in [0.717, 1.165) is 12.1 Å². The number of rotatable bonds is 7. The van der Waals surface area contributed by atoms with E-state index in [1.807, 2.05) is 0 Å². The lowest BCUT2D eigenvalue weighted by atomic mass is 10.1. The Labute approximate surface area is 153 Å². The molecule has 0 saturated carbocycles. The molecule has 0 aliphatic rings. The largest absolute Gasteiger partial charge is 0.402 e. The van der Waals surface area contributed by atoms with Crippen LogP contribution >= 0.6 is 0 Å². The van der Waals surface area contributed by atoms with Crippen molar-refractivity contribution in [2.45, 2.75) is 23.9 Å². The summed E-state index contributed by atoms with van der Waals surface area (Å²) in [5, 5.41) is 2.51. The van der Waals surface area contributed by atoms with Crippen molar-refractivity contribution >= 4 is 21.6 Å². The van der Waals surface area contributed by atoms with E-state index in [9.17, 15) is 30.8 Å². The van der Waals surface area contributed by atoms with Crippen LogP contribution in [-0.4, -0.2) is 27.0 Å². The van der Waals surface area contributed by atoms with Crippen molar-refractivity contribution in [2.75, 3.05) is 11.9 Å². The van der Waals surface area contributed by atoms with Gasteiger partial charge in [-0.25, -0.2) is 17.5 Å². The molecule has 2 aromatic carbocycles. The Hall–Kier alpha value is -2.46. The summed E-state index contributed by atoms with van der Waals surface area (Å²) in [4.78, 5) is 11.5. The van der Waals surface area contributed by atoms with Gasteiger partial charge in [-0.2, -0.15) is 13.2 Å². The summed E-state index contributed by atoms with van der Waals surface area (Å²) in [5.41, 5.74) is 0.660. The van der Waals surface area contributed by atoms with Gasteiger partial charge in [-0.1, -0.05) is 18.2 Å². The molecule has 5 nitrogen and oxygen atoms in total. The fourth-order valence-corrected chi connectivity index (χ4v) is 3.17. The Morgan fingerprint density at radius 3 is 2.22 bits per heavy atom. The summed E-state index contributed by atoms with van der Waals surface area (Å²) in [6.07, 6.45) is -4.47. The van der Waals surface area contributed by atoms with Gasteiger partial charge >= 0.3 is 6.18 Å². The number of hydrogen-bond acceptors (Lipinski definition) is 3. The molecule has 0 aliphatic heterocycles. The van der Waals surface area contributed by atoms with Crippen molar-refractivity contribution in [1.82, 2.24) is 4.72 Å². The number of aryl methyl sites for hydroxylation is 1. The van der Waals surface area contributed by atoms with Crippen LogP contribution in [-0.2, 0) is 21.2 Å². The first-order chi connectivity index (χ1) is 12.6. The highest BCUT2D eigenvalue weighted by atomic mass is 32.2. The molecule has 146 valence electrons. The highest BCUT2D eigenvalue weighted by Crippen LogP contribution is 2.17. The van der Waals surface area contributed by atoms with Crippen molar-refractivity contribution in [3.63, 3.8) is 0 Å². The zero-order valence-corrected chi connectivity index (χ0v) is 14.7. The van der Waals surface area contributed by atoms with Gasteiger partial charge in [0.15, 0.2) is 0 Å². The third-order valence-corrected chi connectivity index (χ3v) is 4.91. The number of halogens is 4. The molecule has 2 aromatic rings. The van der Waals surface area contributed by atoms with E-state index in [0.29, 0.717) is 5.56 Å². The summed E-state index contributed by atoms with van der Waals surface area (Å²) in [5.74, 6) is -0.824. The standard InChI is InChI=1S/C17H16F4N2O3S/c18-15-4-2-1-3-12(15)5-10-16(24)23-13-6-8-14(9-7-13)27(25,26)22-11-17(19,20)21/h1-4,6-9,22H,5,10-11H2,(H,23,24). The van der Waals surface area contributed by atoms with Gasteiger partial charge in [-0.15, -0.1) is 0 Å². The first-order valence-electron chi connectivity index (χ1n) is 7.76. The van der Waals surface area contributed by atoms with Crippen molar-refractivity contribution in [3.05, 3.63) is 59.9 Å². The second-order valence-corrected chi connectivity index (χ2v) is 7.37. The third kappa shape index (κ3) is 6.65. The summed E-state index contributed by atoms with van der Waals surface area (Å²) >= 11 is 0. The lowest BCUT2D eigenvalue weighted by Gasteiger charge is -2.10. The van der Waals surface area contributed by atoms with Crippen LogP contribution in [0.1, 0.15) is 12.0 Å². The second kappa shape index (κ2) is 8.49. The number of sulfonamides is 1. The van der Waals surface area contributed by atoms with Gasteiger partial charge < -0.3 is 5.32 Å². The molecule has 0 aromatic heterocycles. The molecular weight excluding hydrogens is 388 g/mol. The predicted molar refractivity (Wildman–Crippen MR) is 91.0 cm³/mol. The maximum absolute atomic E-state index is 13.5. The van der Waals surface area contributed by atoms with Crippen LogP contribution in [0.2, 0.25) is 0 Å². The second-order valence-electron chi connectivity index (χ2n) is 5.60. The lowest BCUT2D eigenvalue weighted by molar-refractivity contribution is -0.121. The minimum Gasteiger partial charge on any atom is -0.326 e. The van der Waals surface area contributed by atoms with E-state index in [1.165, 1.54) is 29.0 Å². The van der Waals surface area contributed by atoms with Crippen LogP contribution in [0.3, 0.4) is 0 Å². The van der Waals surface area contributed by atoms with Gasteiger partial charge in [-0.3, -0.25) is 4.79 Å². The Balaban J connectivity index is 1.93. The van der Waals surface area contributed by atoms with Crippen LogP contribution in [0.25, 0.3) is 0 Å². The molecule has 0 atom stereocenters. The molecule has 2 rings (SSSR count). The van der Waals surface area contributed by atoms with Crippen LogP contribution in [0.15, 0.2) is 53.4 Å². The zero-order valence-electron chi connectivity index (χ0n) is 13.9. The molecule has 1 amide bonds. The predicted octanol–water partition coefficient (Wildman–Crippen LogP) is 3.24. The maximum Gasteiger partial charge on any atom is 0.402 e. The molecule has 0 spiro atoms. The number of benzene rings is 2. The van der Waals surface area contributed by atoms with Gasteiger partial charge in [0.1, 0.15) is 12.4 Å². The van der Waals surface area contributed by atoms with Gasteiger partial charge in [0.25, 0.3) is 0 Å². The van der Waals surface area contributed by atoms with E-state index in [-0.39, 0.29) is 23.4 Å². The number of carbonyl (C=O) groups is 1. The van der Waals surface area contributed by atoms with Crippen molar-refractivity contribution < 1.29 is 30.8 Å². The molecule has 2 N–H and O–H groups in total. The number of carbonyl (C=O) groups excluding carboxylic acids is 1. The van der Waals surface area contributed by atoms with Crippen LogP contribution in [0.4, 0.5) is 23.2 Å². The SMILES string of the molecule is O=C(CCc1ccccc1F)Nc1ccc(S(=O)(=O)NCC(F)(F)F)cc1. The third-order valence-electron chi connectivity index (χ3n) is 3.49. The zero-order chi connectivity index (χ0) is 20.1. The van der Waals surface area contributed by atoms with Gasteiger partial charge in [0.2, 0.25) is 15.9 Å². The minimum atomic E-state index is -4.67. The van der Waals surface area contributed by atoms with E-state index in [2.05, 4.69) is 5.32 Å². The Bertz CT molecular complexity index is 897. The monoisotopic (exact) mass is 404 g/mol. The van der Waals surface area contributed by atoms with Crippen molar-refractivity contribution in [1.29, 1.82) is 0 Å². The fraction of sp³-hybridized carbons (Fsp3) is 0.235. The molecule has 0 unspecified atom stereocenters. The van der Waals surface area contributed by atoms with Gasteiger partial charge in [0, 0.05) is 12.1 Å². The van der Waals surface area contributed by atoms with Crippen molar-refractivity contribution in [3.8, 4) is 0 Å². The molecule has 0 fully saturated rings. The van der Waals surface area contributed by atoms with Gasteiger partial charge in [0.05, 0.1) is 4.90 Å². The molecule has 27 heavy (non-hydrogen) atoms. The average Bonchev–Trinajstić information content (AvgIpc) is 2.59. The lowest BCUT2D eigenvalue weighted by Crippen LogP contribution is -2.33. The molecule has 0 heterocycles. The Morgan fingerprint density at radius 2 is 1.63 bits per heavy atom. The average molecular weight is 404 g/mol. The summed E-state index contributed by atoms with van der Waals surface area (Å²) in [6, 6.07) is 10.7. The quantitative estimate of drug-likeness (QED) is 0.696. The number of amides is 1. The molecule has 0 aliphatic carbocycles. The molecule has 0 bridgehead atoms. The highest BCUT2D eigenvalue weighted by molar-refractivity contribution is 7.89. The normalized spacial score (nSPS) is 12.0. The number of anilines is 1. The minimum absolute atomic E-state index is 0.00806. The van der Waals surface area contributed by atoms with Crippen molar-refractivity contribution in [2.24, 2.45) is 0 Å². The number of alkyl halides is 3. The number of hydrogen-bond donors (Lipinski definition) is 2. The van der Waals surface area contributed by atoms with Crippen LogP contribution < -0.4 is 10.0 Å². The molecule has 0 saturated heterocycles. The molecule has 0 radical (unpaired) electrons. The Kier molecular flexibility index (Phi) is 6.55. The Morgan fingerprint density at radius 1 is 1.00 bits per heavy atom. The van der Waals surface area contributed by atoms with E-state index < -0.39 is 34.5 Å². The first-order valence-corrected chi connectivity index (χ1v) is 9.25. The smallest absolute Gasteiger partial charge is 0.326 e. The first kappa shape index (κ1) is 20.8. The molecular formula is C17H16F4N2O3S. The van der Waals surface area contributed by atoms with Crippen LogP contribution in [0.5, 0.6) is 0 Å². The van der Waals surface area contributed by atoms with E-state index >= 15 is 0 Å². The topological polar surface area (TPSA) is 75.3 Å². The van der Waals surface area contributed by atoms with E-state index in [1.54, 1.807) is 12.1 Å². The summed E-state index contributed by atoms with van der Waals surface area (Å²) in [7, 11) is -4.31. The van der Waals surface area contributed by atoms with E-state index in [4.69, 9.17) is 0 Å². The van der Waals surface area contributed by atoms with Crippen LogP contribution in [0, 0.1) is 5.82 Å². The fourth-order valence-electron chi connectivity index (χ4n) is 2.15. The maximum atomic E-state index is 13.5. The summed E-state index contributed by atoms with van der Waals surface area (Å²) < 4.78 is 74.9.